The van der Waals surface area contributed by atoms with E-state index in [1.54, 1.807) is 0 Å². The van der Waals surface area contributed by atoms with E-state index in [-0.39, 0.29) is 6.61 Å². The molecular weight excluding hydrogens is 340 g/mol. The highest BCUT2D eigenvalue weighted by Gasteiger charge is 2.59. The molecule has 6 atom stereocenters. The normalized spacial score (nSPS) is 37.1. The van der Waals surface area contributed by atoms with Crippen LogP contribution in [0.3, 0.4) is 0 Å². The van der Waals surface area contributed by atoms with E-state index in [9.17, 15) is 14.4 Å². The van der Waals surface area contributed by atoms with Gasteiger partial charge in [-0.05, 0) is 0 Å². The lowest BCUT2D eigenvalue weighted by Crippen LogP contribution is -2.60. The fourth-order valence-corrected chi connectivity index (χ4v) is 2.67. The minimum atomic E-state index is -1.43. The predicted octanol–water partition coefficient (Wildman–Crippen LogP) is -0.127. The molecule has 0 aliphatic carbocycles. The van der Waals surface area contributed by atoms with E-state index < -0.39 is 54.6 Å². The fraction of sp³-hybridized carbons (Fsp3) is 0.800. The van der Waals surface area contributed by atoms with Gasteiger partial charge in [0.05, 0.1) is 0 Å². The van der Waals surface area contributed by atoms with Crippen LogP contribution in [0.25, 0.3) is 0 Å². The third-order valence-corrected chi connectivity index (χ3v) is 3.70. The fourth-order valence-electron chi connectivity index (χ4n) is 2.67. The van der Waals surface area contributed by atoms with Gasteiger partial charge >= 0.3 is 17.9 Å². The molecule has 0 saturated carbocycles. The van der Waals surface area contributed by atoms with Gasteiger partial charge in [0, 0.05) is 34.8 Å². The number of ether oxygens (including phenoxy) is 7. The Bertz CT molecular complexity index is 534. The summed E-state index contributed by atoms with van der Waals surface area (Å²) in [6.45, 7) is 4.93. The number of carbonyl (C=O) groups excluding carboxylic acids is 3. The minimum Gasteiger partial charge on any atom is -0.463 e. The van der Waals surface area contributed by atoms with Crippen LogP contribution in [0.1, 0.15) is 27.7 Å². The largest absolute Gasteiger partial charge is 0.463 e. The first kappa shape index (κ1) is 19.6. The number of esters is 3. The molecule has 0 amide bonds. The molecule has 0 aromatic rings. The van der Waals surface area contributed by atoms with Crippen LogP contribution in [0.4, 0.5) is 0 Å². The average Bonchev–Trinajstić information content (AvgIpc) is 2.84. The Morgan fingerprint density at radius 1 is 0.960 bits per heavy atom. The lowest BCUT2D eigenvalue weighted by atomic mass is 9.98. The van der Waals surface area contributed by atoms with Gasteiger partial charge < -0.3 is 28.4 Å². The Morgan fingerprint density at radius 2 is 1.56 bits per heavy atom. The van der Waals surface area contributed by atoms with Gasteiger partial charge in [-0.25, -0.2) is 0 Å². The molecule has 10 heteroatoms. The van der Waals surface area contributed by atoms with Crippen LogP contribution >= 0.6 is 0 Å². The van der Waals surface area contributed by atoms with Crippen LogP contribution in [-0.4, -0.2) is 68.3 Å². The topological polar surface area (TPSA) is 116 Å². The zero-order valence-electron chi connectivity index (χ0n) is 14.7. The maximum atomic E-state index is 11.5. The predicted molar refractivity (Wildman–Crippen MR) is 77.8 cm³/mol. The van der Waals surface area contributed by atoms with Crippen LogP contribution in [0, 0.1) is 0 Å². The van der Waals surface area contributed by atoms with Gasteiger partial charge in [0.2, 0.25) is 0 Å². The SMILES string of the molecule is COC1(C)O[C@H]2O[C@H](COC(C)=O)[C@@H](OC(C)=O)[C@H](OC(C)=O)[C@@H]2O1. The Morgan fingerprint density at radius 3 is 2.08 bits per heavy atom. The first-order chi connectivity index (χ1) is 11.6. The summed E-state index contributed by atoms with van der Waals surface area (Å²) >= 11 is 0. The summed E-state index contributed by atoms with van der Waals surface area (Å²) in [4.78, 5) is 34.1. The molecule has 2 heterocycles. The lowest BCUT2D eigenvalue weighted by Gasteiger charge is -2.40. The molecular formula is C15H22O10. The van der Waals surface area contributed by atoms with Crippen molar-refractivity contribution in [2.75, 3.05) is 13.7 Å². The Kier molecular flexibility index (Phi) is 5.99. The molecule has 0 spiro atoms. The van der Waals surface area contributed by atoms with Crippen molar-refractivity contribution >= 4 is 17.9 Å². The van der Waals surface area contributed by atoms with Crippen LogP contribution in [0.15, 0.2) is 0 Å². The van der Waals surface area contributed by atoms with Crippen molar-refractivity contribution in [3.8, 4) is 0 Å². The number of methoxy groups -OCH3 is 1. The molecule has 2 rings (SSSR count). The Balaban J connectivity index is 2.29. The van der Waals surface area contributed by atoms with Crippen LogP contribution < -0.4 is 0 Å². The quantitative estimate of drug-likeness (QED) is 0.484. The van der Waals surface area contributed by atoms with Crippen molar-refractivity contribution in [2.45, 2.75) is 64.4 Å². The van der Waals surface area contributed by atoms with Gasteiger partial charge in [-0.1, -0.05) is 0 Å². The van der Waals surface area contributed by atoms with Gasteiger partial charge in [0.25, 0.3) is 5.97 Å². The number of hydrogen-bond acceptors (Lipinski definition) is 10. The number of carbonyl (C=O) groups is 3. The monoisotopic (exact) mass is 362 g/mol. The van der Waals surface area contributed by atoms with Crippen molar-refractivity contribution in [2.24, 2.45) is 0 Å². The van der Waals surface area contributed by atoms with Crippen LogP contribution in [0.2, 0.25) is 0 Å². The van der Waals surface area contributed by atoms with Gasteiger partial charge in [-0.2, -0.15) is 0 Å². The second kappa shape index (κ2) is 7.65. The highest BCUT2D eigenvalue weighted by molar-refractivity contribution is 5.67. The van der Waals surface area contributed by atoms with E-state index in [4.69, 9.17) is 33.2 Å². The summed E-state index contributed by atoms with van der Waals surface area (Å²) in [5.41, 5.74) is 0. The summed E-state index contributed by atoms with van der Waals surface area (Å²) in [6, 6.07) is 0. The minimum absolute atomic E-state index is 0.221. The summed E-state index contributed by atoms with van der Waals surface area (Å²) in [5.74, 6) is -3.19. The molecule has 2 fully saturated rings. The molecule has 2 aliphatic heterocycles. The van der Waals surface area contributed by atoms with E-state index >= 15 is 0 Å². The van der Waals surface area contributed by atoms with Crippen molar-refractivity contribution in [3.05, 3.63) is 0 Å². The Hall–Kier alpha value is -1.75. The van der Waals surface area contributed by atoms with Crippen molar-refractivity contribution in [3.63, 3.8) is 0 Å². The smallest absolute Gasteiger partial charge is 0.303 e. The second-order valence-corrected chi connectivity index (χ2v) is 5.76. The van der Waals surface area contributed by atoms with Crippen LogP contribution in [-0.2, 0) is 47.5 Å². The maximum Gasteiger partial charge on any atom is 0.303 e. The van der Waals surface area contributed by atoms with E-state index in [0.717, 1.165) is 0 Å². The molecule has 0 aromatic heterocycles. The molecule has 142 valence electrons. The highest BCUT2D eigenvalue weighted by atomic mass is 16.9. The van der Waals surface area contributed by atoms with Crippen molar-refractivity contribution in [1.82, 2.24) is 0 Å². The van der Waals surface area contributed by atoms with E-state index in [0.29, 0.717) is 0 Å². The first-order valence-corrected chi connectivity index (χ1v) is 7.69. The Labute approximate surface area is 144 Å². The van der Waals surface area contributed by atoms with Crippen LogP contribution in [0.5, 0.6) is 0 Å². The molecule has 25 heavy (non-hydrogen) atoms. The van der Waals surface area contributed by atoms with Gasteiger partial charge in [-0.15, -0.1) is 0 Å². The molecule has 0 aromatic carbocycles. The molecule has 0 radical (unpaired) electrons. The maximum absolute atomic E-state index is 11.5. The molecule has 2 aliphatic rings. The summed E-state index contributed by atoms with van der Waals surface area (Å²) in [7, 11) is 1.37. The molecule has 1 unspecified atom stereocenters. The summed E-state index contributed by atoms with van der Waals surface area (Å²) < 4.78 is 37.6. The summed E-state index contributed by atoms with van der Waals surface area (Å²) in [5, 5.41) is 0. The average molecular weight is 362 g/mol. The third-order valence-electron chi connectivity index (χ3n) is 3.70. The number of hydrogen-bond donors (Lipinski definition) is 0. The van der Waals surface area contributed by atoms with E-state index in [2.05, 4.69) is 0 Å². The summed E-state index contributed by atoms with van der Waals surface area (Å²) in [6.07, 6.45) is -4.86. The zero-order chi connectivity index (χ0) is 18.8. The van der Waals surface area contributed by atoms with Gasteiger partial charge in [-0.3, -0.25) is 19.1 Å². The third kappa shape index (κ3) is 4.66. The number of fused-ring (bicyclic) bond motifs is 1. The van der Waals surface area contributed by atoms with E-state index in [1.165, 1.54) is 34.8 Å². The second-order valence-electron chi connectivity index (χ2n) is 5.76. The van der Waals surface area contributed by atoms with Crippen molar-refractivity contribution < 1.29 is 47.5 Å². The zero-order valence-corrected chi connectivity index (χ0v) is 14.7. The highest BCUT2D eigenvalue weighted by Crippen LogP contribution is 2.39. The molecule has 10 nitrogen and oxygen atoms in total. The molecule has 0 N–H and O–H groups in total. The molecule has 0 bridgehead atoms. The van der Waals surface area contributed by atoms with Crippen molar-refractivity contribution in [1.29, 1.82) is 0 Å². The number of rotatable bonds is 5. The standard InChI is InChI=1S/C15H22O10/c1-7(16)20-6-10-11(21-8(2)17)12(22-9(3)18)13-14(23-10)25-15(4,19-5)24-13/h10-14H,6H2,1-5H3/t10-,11-,12+,13+,14-,15?/m1/s1. The first-order valence-electron chi connectivity index (χ1n) is 7.69. The molecule has 2 saturated heterocycles. The van der Waals surface area contributed by atoms with Gasteiger partial charge in [0.15, 0.2) is 24.6 Å². The van der Waals surface area contributed by atoms with Gasteiger partial charge in [0.1, 0.15) is 12.7 Å². The van der Waals surface area contributed by atoms with E-state index in [1.807, 2.05) is 0 Å². The lowest BCUT2D eigenvalue weighted by molar-refractivity contribution is -0.334.